The second kappa shape index (κ2) is 15.2. The van der Waals surface area contributed by atoms with Crippen LogP contribution in [0.15, 0.2) is 168 Å². The molecule has 2 amide bonds. The Hall–Kier alpha value is -4.36. The summed E-state index contributed by atoms with van der Waals surface area (Å²) in [4.78, 5) is 28.2. The average molecular weight is 667 g/mol. The molecule has 1 fully saturated rings. The molecule has 0 radical (unpaired) electrons. The Morgan fingerprint density at radius 2 is 0.792 bits per heavy atom. The lowest BCUT2D eigenvalue weighted by Gasteiger charge is -2.35. The van der Waals surface area contributed by atoms with Gasteiger partial charge in [-0.25, -0.2) is 0 Å². The molecule has 2 unspecified atom stereocenters. The Labute approximate surface area is 286 Å². The van der Waals surface area contributed by atoms with E-state index in [0.29, 0.717) is 0 Å². The number of carbonyl (C=O) groups excluding carboxylic acids is 2. The summed E-state index contributed by atoms with van der Waals surface area (Å²) in [6, 6.07) is 41.8. The molecule has 4 nitrogen and oxygen atoms in total. The van der Waals surface area contributed by atoms with E-state index in [1.165, 1.54) is 21.2 Å². The zero-order valence-electron chi connectivity index (χ0n) is 26.9. The summed E-state index contributed by atoms with van der Waals surface area (Å²) < 4.78 is 0. The summed E-state index contributed by atoms with van der Waals surface area (Å²) in [7, 11) is -1.74. The van der Waals surface area contributed by atoms with E-state index in [9.17, 15) is 9.59 Å². The van der Waals surface area contributed by atoms with Crippen molar-refractivity contribution in [2.45, 2.75) is 37.8 Å². The number of nitrogens with one attached hydrogen (secondary N) is 2. The van der Waals surface area contributed by atoms with Crippen molar-refractivity contribution in [2.75, 3.05) is 0 Å². The van der Waals surface area contributed by atoms with Crippen molar-refractivity contribution in [3.63, 3.8) is 0 Å². The summed E-state index contributed by atoms with van der Waals surface area (Å²) >= 11 is 0. The minimum absolute atomic E-state index is 0.0125. The SMILES string of the molecule is O=C(N[C@H]1CCCC[C@@H]1NC(=O)C1C=CC=C1P(c1ccccc1)c1ccccc1)C1C=CC=C1P(c1ccccc1)c1ccccc1. The van der Waals surface area contributed by atoms with Crippen molar-refractivity contribution in [2.24, 2.45) is 11.8 Å². The van der Waals surface area contributed by atoms with E-state index in [-0.39, 0.29) is 35.7 Å². The third-order valence-electron chi connectivity index (χ3n) is 9.34. The molecule has 4 aromatic carbocycles. The first kappa shape index (κ1) is 32.2. The van der Waals surface area contributed by atoms with Gasteiger partial charge in [0.1, 0.15) is 0 Å². The van der Waals surface area contributed by atoms with Gasteiger partial charge < -0.3 is 10.6 Å². The number of benzene rings is 4. The summed E-state index contributed by atoms with van der Waals surface area (Å²) in [6.07, 6.45) is 16.1. The fourth-order valence-corrected chi connectivity index (χ4v) is 12.1. The van der Waals surface area contributed by atoms with Gasteiger partial charge in [-0.2, -0.15) is 0 Å². The van der Waals surface area contributed by atoms with Crippen LogP contribution in [0.4, 0.5) is 0 Å². The van der Waals surface area contributed by atoms with Gasteiger partial charge in [0.2, 0.25) is 11.8 Å². The Bertz CT molecular complexity index is 1620. The number of amides is 2. The van der Waals surface area contributed by atoms with E-state index in [0.717, 1.165) is 36.3 Å². The van der Waals surface area contributed by atoms with E-state index in [1.807, 2.05) is 48.6 Å². The normalized spacial score (nSPS) is 21.6. The minimum Gasteiger partial charge on any atom is -0.351 e. The van der Waals surface area contributed by atoms with Crippen molar-refractivity contribution in [1.29, 1.82) is 0 Å². The number of hydrogen-bond donors (Lipinski definition) is 2. The molecule has 0 aromatic heterocycles. The molecule has 0 spiro atoms. The molecule has 2 N–H and O–H groups in total. The van der Waals surface area contributed by atoms with Crippen LogP contribution in [-0.2, 0) is 9.59 Å². The highest BCUT2D eigenvalue weighted by Crippen LogP contribution is 2.50. The summed E-state index contributed by atoms with van der Waals surface area (Å²) in [5.41, 5.74) is 0. The lowest BCUT2D eigenvalue weighted by atomic mass is 9.89. The molecular formula is C42H40N2O2P2. The molecule has 0 aliphatic heterocycles. The quantitative estimate of drug-likeness (QED) is 0.180. The van der Waals surface area contributed by atoms with Crippen LogP contribution in [0.5, 0.6) is 0 Å². The molecule has 0 heterocycles. The van der Waals surface area contributed by atoms with Crippen LogP contribution in [0.25, 0.3) is 0 Å². The molecule has 3 aliphatic rings. The molecule has 0 saturated heterocycles. The molecule has 48 heavy (non-hydrogen) atoms. The van der Waals surface area contributed by atoms with Gasteiger partial charge >= 0.3 is 0 Å². The first-order valence-corrected chi connectivity index (χ1v) is 19.5. The van der Waals surface area contributed by atoms with Gasteiger partial charge in [0.05, 0.1) is 11.8 Å². The molecule has 6 heteroatoms. The maximum absolute atomic E-state index is 14.1. The topological polar surface area (TPSA) is 58.2 Å². The van der Waals surface area contributed by atoms with Gasteiger partial charge in [-0.3, -0.25) is 9.59 Å². The van der Waals surface area contributed by atoms with Crippen LogP contribution in [0.3, 0.4) is 0 Å². The smallest absolute Gasteiger partial charge is 0.231 e. The number of carbonyl (C=O) groups is 2. The van der Waals surface area contributed by atoms with E-state index in [4.69, 9.17) is 0 Å². The molecular weight excluding hydrogens is 626 g/mol. The van der Waals surface area contributed by atoms with Crippen molar-refractivity contribution < 1.29 is 9.59 Å². The zero-order valence-corrected chi connectivity index (χ0v) is 28.6. The molecule has 240 valence electrons. The predicted molar refractivity (Wildman–Crippen MR) is 202 cm³/mol. The highest BCUT2D eigenvalue weighted by molar-refractivity contribution is 7.77. The van der Waals surface area contributed by atoms with Gasteiger partial charge in [-0.05, 0) is 60.5 Å². The number of hydrogen-bond acceptors (Lipinski definition) is 2. The third kappa shape index (κ3) is 7.07. The van der Waals surface area contributed by atoms with Gasteiger partial charge in [0.25, 0.3) is 0 Å². The monoisotopic (exact) mass is 666 g/mol. The summed E-state index contributed by atoms with van der Waals surface area (Å²) in [5, 5.41) is 14.0. The lowest BCUT2D eigenvalue weighted by Crippen LogP contribution is -2.55. The van der Waals surface area contributed by atoms with E-state index >= 15 is 0 Å². The Morgan fingerprint density at radius 1 is 0.479 bits per heavy atom. The van der Waals surface area contributed by atoms with Crippen LogP contribution < -0.4 is 31.9 Å². The molecule has 0 bridgehead atoms. The standard InChI is InChI=1S/C42H40N2O2P2/c45-41(35-25-15-29-39(35)47(31-17-5-1-6-18-31)32-19-7-2-8-20-32)43-37-27-13-14-28-38(37)44-42(46)36-26-16-30-40(36)48(33-21-9-3-10-22-33)34-23-11-4-12-24-34/h1-12,15-26,29-30,35-38H,13-14,27-28H2,(H,43,45)(H,44,46)/t35?,36?,37-,38-/m0/s1. The van der Waals surface area contributed by atoms with Gasteiger partial charge in [-0.1, -0.05) is 171 Å². The average Bonchev–Trinajstić information content (AvgIpc) is 3.82. The summed E-state index contributed by atoms with van der Waals surface area (Å²) in [6.45, 7) is 0. The maximum atomic E-state index is 14.1. The van der Waals surface area contributed by atoms with Crippen molar-refractivity contribution in [3.05, 3.63) is 168 Å². The second-order valence-electron chi connectivity index (χ2n) is 12.4. The first-order valence-electron chi connectivity index (χ1n) is 16.9. The van der Waals surface area contributed by atoms with Crippen LogP contribution in [-0.4, -0.2) is 23.9 Å². The van der Waals surface area contributed by atoms with Crippen LogP contribution in [0.1, 0.15) is 25.7 Å². The van der Waals surface area contributed by atoms with Crippen LogP contribution >= 0.6 is 15.8 Å². The molecule has 7 rings (SSSR count). The predicted octanol–water partition coefficient (Wildman–Crippen LogP) is 6.94. The van der Waals surface area contributed by atoms with Crippen molar-refractivity contribution in [3.8, 4) is 0 Å². The lowest BCUT2D eigenvalue weighted by molar-refractivity contribution is -0.126. The van der Waals surface area contributed by atoms with Gasteiger partial charge in [0.15, 0.2) is 0 Å². The maximum Gasteiger partial charge on any atom is 0.231 e. The zero-order chi connectivity index (χ0) is 32.7. The highest BCUT2D eigenvalue weighted by atomic mass is 31.1. The van der Waals surface area contributed by atoms with E-state index < -0.39 is 15.8 Å². The Kier molecular flexibility index (Phi) is 10.2. The van der Waals surface area contributed by atoms with Crippen molar-refractivity contribution in [1.82, 2.24) is 10.6 Å². The third-order valence-corrected chi connectivity index (χ3v) is 14.5. The molecule has 4 atom stereocenters. The number of rotatable bonds is 10. The van der Waals surface area contributed by atoms with Crippen LogP contribution in [0.2, 0.25) is 0 Å². The fourth-order valence-electron chi connectivity index (χ4n) is 7.03. The van der Waals surface area contributed by atoms with Crippen LogP contribution in [0, 0.1) is 11.8 Å². The highest BCUT2D eigenvalue weighted by Gasteiger charge is 2.36. The Balaban J connectivity index is 1.08. The molecule has 3 aliphatic carbocycles. The Morgan fingerprint density at radius 3 is 1.10 bits per heavy atom. The van der Waals surface area contributed by atoms with Gasteiger partial charge in [0, 0.05) is 12.1 Å². The first-order chi connectivity index (χ1) is 23.7. The summed E-state index contributed by atoms with van der Waals surface area (Å²) in [5.74, 6) is -0.665. The number of allylic oxidation sites excluding steroid dienone is 4. The largest absolute Gasteiger partial charge is 0.351 e. The minimum atomic E-state index is -0.872. The molecule has 1 saturated carbocycles. The van der Waals surface area contributed by atoms with Crippen molar-refractivity contribution >= 4 is 48.9 Å². The van der Waals surface area contributed by atoms with Gasteiger partial charge in [-0.15, -0.1) is 0 Å². The van der Waals surface area contributed by atoms with E-state index in [1.54, 1.807) is 0 Å². The molecule has 4 aromatic rings. The second-order valence-corrected chi connectivity index (χ2v) is 16.9. The fraction of sp³-hybridized carbons (Fsp3) is 0.190. The van der Waals surface area contributed by atoms with E-state index in [2.05, 4.69) is 120 Å².